The van der Waals surface area contributed by atoms with Gasteiger partial charge in [0.15, 0.2) is 11.6 Å². The Morgan fingerprint density at radius 2 is 1.65 bits per heavy atom. The number of hydrogen-bond acceptors (Lipinski definition) is 6. The van der Waals surface area contributed by atoms with Crippen molar-refractivity contribution in [1.82, 2.24) is 10.2 Å². The minimum Gasteiger partial charge on any atom is -0.355 e. The van der Waals surface area contributed by atoms with Crippen LogP contribution in [0.2, 0.25) is 0 Å². The van der Waals surface area contributed by atoms with Crippen LogP contribution in [0.15, 0.2) is 59.5 Å². The average molecular weight is 477 g/mol. The number of carbonyl (C=O) groups is 1. The number of nitrogens with one attached hydrogen (secondary N) is 1. The highest BCUT2D eigenvalue weighted by Gasteiger charge is 2.22. The number of nitrogens with zero attached hydrogens (tertiary/aromatic N) is 3. The Morgan fingerprint density at radius 3 is 2.41 bits per heavy atom. The molecule has 1 fully saturated rings. The summed E-state index contributed by atoms with van der Waals surface area (Å²) < 4.78 is 28.7. The standard InChI is InChI=1S/C26H28N4O3S/c31-25-10-6-7-19-11-12-22(18-23(19)25)34(32,33)29-21-9-5-8-20(17-21)24-13-14-26(28-27-24)30-15-3-1-2-4-16-30/h5,8-9,11-14,17-18,29H,1-4,6-7,10,15-16H2. The van der Waals surface area contributed by atoms with E-state index in [4.69, 9.17) is 0 Å². The summed E-state index contributed by atoms with van der Waals surface area (Å²) in [6.45, 7) is 2.00. The maximum atomic E-state index is 13.0. The van der Waals surface area contributed by atoms with Crippen molar-refractivity contribution in [2.45, 2.75) is 49.8 Å². The van der Waals surface area contributed by atoms with Crippen LogP contribution < -0.4 is 9.62 Å². The number of rotatable bonds is 5. The Bertz CT molecular complexity index is 1300. The molecule has 2 heterocycles. The summed E-state index contributed by atoms with van der Waals surface area (Å²) in [6, 6.07) is 15.8. The Kier molecular flexibility index (Phi) is 6.32. The molecule has 0 amide bonds. The number of benzene rings is 2. The van der Waals surface area contributed by atoms with Crippen molar-refractivity contribution in [2.24, 2.45) is 0 Å². The molecule has 7 nitrogen and oxygen atoms in total. The molecule has 3 aromatic rings. The zero-order valence-corrected chi connectivity index (χ0v) is 19.9. The second kappa shape index (κ2) is 9.54. The highest BCUT2D eigenvalue weighted by atomic mass is 32.2. The lowest BCUT2D eigenvalue weighted by molar-refractivity contribution is 0.0972. The topological polar surface area (TPSA) is 92.3 Å². The molecule has 1 saturated heterocycles. The van der Waals surface area contributed by atoms with Crippen LogP contribution in [0.3, 0.4) is 0 Å². The summed E-state index contributed by atoms with van der Waals surface area (Å²) in [5.41, 5.74) is 3.32. The predicted octanol–water partition coefficient (Wildman–Crippen LogP) is 4.84. The van der Waals surface area contributed by atoms with Gasteiger partial charge in [0.25, 0.3) is 10.0 Å². The molecule has 0 spiro atoms. The fraction of sp³-hybridized carbons (Fsp3) is 0.346. The van der Waals surface area contributed by atoms with Gasteiger partial charge in [-0.15, -0.1) is 10.2 Å². The summed E-state index contributed by atoms with van der Waals surface area (Å²) in [7, 11) is -3.84. The van der Waals surface area contributed by atoms with Crippen molar-refractivity contribution in [3.8, 4) is 11.3 Å². The van der Waals surface area contributed by atoms with Crippen molar-refractivity contribution in [3.05, 3.63) is 65.7 Å². The van der Waals surface area contributed by atoms with E-state index in [1.165, 1.54) is 31.7 Å². The van der Waals surface area contributed by atoms with Crippen LogP contribution >= 0.6 is 0 Å². The molecule has 8 heteroatoms. The number of aryl methyl sites for hydroxylation is 1. The third-order valence-electron chi connectivity index (χ3n) is 6.53. The molecule has 5 rings (SSSR count). The Labute approximate surface area is 200 Å². The number of fused-ring (bicyclic) bond motifs is 1. The Morgan fingerprint density at radius 1 is 0.824 bits per heavy atom. The highest BCUT2D eigenvalue weighted by molar-refractivity contribution is 7.92. The fourth-order valence-electron chi connectivity index (χ4n) is 4.68. The van der Waals surface area contributed by atoms with Crippen LogP contribution in [-0.4, -0.2) is 37.5 Å². The lowest BCUT2D eigenvalue weighted by Gasteiger charge is -2.20. The van der Waals surface area contributed by atoms with E-state index in [1.54, 1.807) is 30.3 Å². The van der Waals surface area contributed by atoms with E-state index < -0.39 is 10.0 Å². The van der Waals surface area contributed by atoms with Crippen molar-refractivity contribution >= 4 is 27.3 Å². The summed E-state index contributed by atoms with van der Waals surface area (Å²) in [6.07, 6.45) is 6.93. The zero-order chi connectivity index (χ0) is 23.5. The number of Topliss-reactive ketones (excluding diaryl/α,β-unsaturated/α-hetero) is 1. The summed E-state index contributed by atoms with van der Waals surface area (Å²) >= 11 is 0. The number of hydrogen-bond donors (Lipinski definition) is 1. The van der Waals surface area contributed by atoms with Gasteiger partial charge in [-0.3, -0.25) is 9.52 Å². The first-order valence-electron chi connectivity index (χ1n) is 11.9. The van der Waals surface area contributed by atoms with E-state index in [9.17, 15) is 13.2 Å². The molecule has 176 valence electrons. The van der Waals surface area contributed by atoms with Crippen LogP contribution in [0.1, 0.15) is 54.4 Å². The zero-order valence-electron chi connectivity index (χ0n) is 19.0. The van der Waals surface area contributed by atoms with Gasteiger partial charge in [0.2, 0.25) is 0 Å². The van der Waals surface area contributed by atoms with Crippen LogP contribution in [0.5, 0.6) is 0 Å². The lowest BCUT2D eigenvalue weighted by atomic mass is 9.91. The molecule has 1 N–H and O–H groups in total. The molecular weight excluding hydrogens is 448 g/mol. The average Bonchev–Trinajstić information content (AvgIpc) is 3.14. The number of carbonyl (C=O) groups excluding carboxylic acids is 1. The molecule has 0 unspecified atom stereocenters. The van der Waals surface area contributed by atoms with E-state index in [0.29, 0.717) is 23.4 Å². The molecule has 0 radical (unpaired) electrons. The molecular formula is C26H28N4O3S. The van der Waals surface area contributed by atoms with Crippen LogP contribution in [-0.2, 0) is 16.4 Å². The fourth-order valence-corrected chi connectivity index (χ4v) is 5.75. The first-order chi connectivity index (χ1) is 16.5. The van der Waals surface area contributed by atoms with Gasteiger partial charge in [0.05, 0.1) is 10.6 Å². The van der Waals surface area contributed by atoms with Crippen LogP contribution in [0.4, 0.5) is 11.5 Å². The third kappa shape index (κ3) is 4.82. The molecule has 0 bridgehead atoms. The SMILES string of the molecule is O=C1CCCc2ccc(S(=O)(=O)Nc3cccc(-c4ccc(N5CCCCCC5)nn4)c3)cc21. The molecule has 2 aromatic carbocycles. The molecule has 0 atom stereocenters. The van der Waals surface area contributed by atoms with Gasteiger partial charge in [-0.25, -0.2) is 8.42 Å². The van der Waals surface area contributed by atoms with Gasteiger partial charge in [-0.2, -0.15) is 0 Å². The lowest BCUT2D eigenvalue weighted by Crippen LogP contribution is -2.25. The van der Waals surface area contributed by atoms with Gasteiger partial charge in [0, 0.05) is 36.3 Å². The molecule has 34 heavy (non-hydrogen) atoms. The molecule has 2 aliphatic rings. The van der Waals surface area contributed by atoms with Crippen molar-refractivity contribution < 1.29 is 13.2 Å². The van der Waals surface area contributed by atoms with Crippen molar-refractivity contribution in [1.29, 1.82) is 0 Å². The Hall–Kier alpha value is -3.26. The van der Waals surface area contributed by atoms with Crippen molar-refractivity contribution in [2.75, 3.05) is 22.7 Å². The first-order valence-corrected chi connectivity index (χ1v) is 13.4. The van der Waals surface area contributed by atoms with E-state index in [2.05, 4.69) is 19.8 Å². The van der Waals surface area contributed by atoms with Gasteiger partial charge >= 0.3 is 0 Å². The van der Waals surface area contributed by atoms with E-state index in [1.807, 2.05) is 18.2 Å². The normalized spacial score (nSPS) is 16.6. The minimum atomic E-state index is -3.84. The predicted molar refractivity (Wildman–Crippen MR) is 133 cm³/mol. The monoisotopic (exact) mass is 476 g/mol. The number of anilines is 2. The smallest absolute Gasteiger partial charge is 0.261 e. The van der Waals surface area contributed by atoms with Crippen LogP contribution in [0.25, 0.3) is 11.3 Å². The quantitative estimate of drug-likeness (QED) is 0.566. The van der Waals surface area contributed by atoms with Gasteiger partial charge < -0.3 is 4.90 Å². The summed E-state index contributed by atoms with van der Waals surface area (Å²) in [5.74, 6) is 0.881. The molecule has 1 aliphatic heterocycles. The van der Waals surface area contributed by atoms with Gasteiger partial charge in [-0.05, 0) is 67.6 Å². The third-order valence-corrected chi connectivity index (χ3v) is 7.91. The van der Waals surface area contributed by atoms with Crippen LogP contribution in [0, 0.1) is 0 Å². The second-order valence-electron chi connectivity index (χ2n) is 8.96. The summed E-state index contributed by atoms with van der Waals surface area (Å²) in [4.78, 5) is 14.6. The number of sulfonamides is 1. The minimum absolute atomic E-state index is 0.00231. The maximum Gasteiger partial charge on any atom is 0.261 e. The van der Waals surface area contributed by atoms with Crippen molar-refractivity contribution in [3.63, 3.8) is 0 Å². The highest BCUT2D eigenvalue weighted by Crippen LogP contribution is 2.27. The Balaban J connectivity index is 1.35. The molecule has 0 saturated carbocycles. The van der Waals surface area contributed by atoms with E-state index in [-0.39, 0.29) is 10.7 Å². The number of aromatic nitrogens is 2. The first kappa shape index (κ1) is 22.5. The second-order valence-corrected chi connectivity index (χ2v) is 10.6. The molecule has 1 aliphatic carbocycles. The van der Waals surface area contributed by atoms with Gasteiger partial charge in [0.1, 0.15) is 0 Å². The van der Waals surface area contributed by atoms with E-state index >= 15 is 0 Å². The van der Waals surface area contributed by atoms with E-state index in [0.717, 1.165) is 42.9 Å². The number of ketones is 1. The maximum absolute atomic E-state index is 13.0. The summed E-state index contributed by atoms with van der Waals surface area (Å²) in [5, 5.41) is 8.83. The molecule has 1 aromatic heterocycles. The van der Waals surface area contributed by atoms with Gasteiger partial charge in [-0.1, -0.05) is 31.0 Å². The largest absolute Gasteiger partial charge is 0.355 e.